The second-order valence-corrected chi connectivity index (χ2v) is 5.29. The number of nitrogens with zero attached hydrogens (tertiary/aromatic N) is 2. The van der Waals surface area contributed by atoms with E-state index in [1.54, 1.807) is 6.20 Å². The zero-order chi connectivity index (χ0) is 15.4. The number of hydrogen-bond donors (Lipinski definition) is 0. The van der Waals surface area contributed by atoms with Gasteiger partial charge in [-0.1, -0.05) is 30.3 Å². The molecule has 0 aliphatic rings. The van der Waals surface area contributed by atoms with Crippen LogP contribution < -0.4 is 0 Å². The fourth-order valence-electron chi connectivity index (χ4n) is 2.46. The van der Waals surface area contributed by atoms with E-state index in [-0.39, 0.29) is 0 Å². The van der Waals surface area contributed by atoms with Gasteiger partial charge in [0, 0.05) is 24.2 Å². The van der Waals surface area contributed by atoms with Crippen LogP contribution >= 0.6 is 0 Å². The predicted octanol–water partition coefficient (Wildman–Crippen LogP) is 5.09. The van der Waals surface area contributed by atoms with Crippen LogP contribution in [0, 0.1) is 0 Å². The molecular formula is C20H18N2. The van der Waals surface area contributed by atoms with Gasteiger partial charge in [0.1, 0.15) is 0 Å². The molecule has 2 heterocycles. The third-order valence-corrected chi connectivity index (χ3v) is 3.91. The Hall–Kier alpha value is -2.74. The van der Waals surface area contributed by atoms with Gasteiger partial charge < -0.3 is 0 Å². The standard InChI is InChI=1S/C20H18N2/c1-15(16(2)19-9-6-11-21-14-19)17-7-5-8-18(13-17)20-10-3-4-12-22-20/h3-14H,1-2H3. The van der Waals surface area contributed by atoms with E-state index >= 15 is 0 Å². The van der Waals surface area contributed by atoms with Gasteiger partial charge in [-0.2, -0.15) is 0 Å². The molecule has 0 N–H and O–H groups in total. The molecule has 2 heteroatoms. The highest BCUT2D eigenvalue weighted by Crippen LogP contribution is 2.27. The van der Waals surface area contributed by atoms with E-state index in [9.17, 15) is 0 Å². The lowest BCUT2D eigenvalue weighted by Gasteiger charge is -2.10. The van der Waals surface area contributed by atoms with Crippen molar-refractivity contribution >= 4 is 11.1 Å². The Balaban J connectivity index is 2.02. The average Bonchev–Trinajstić information content (AvgIpc) is 2.62. The van der Waals surface area contributed by atoms with Gasteiger partial charge in [-0.15, -0.1) is 0 Å². The third-order valence-electron chi connectivity index (χ3n) is 3.91. The van der Waals surface area contributed by atoms with E-state index in [1.807, 2.05) is 36.7 Å². The maximum absolute atomic E-state index is 4.43. The highest BCUT2D eigenvalue weighted by molar-refractivity contribution is 5.89. The Bertz CT molecular complexity index is 790. The molecule has 108 valence electrons. The van der Waals surface area contributed by atoms with Crippen molar-refractivity contribution in [2.45, 2.75) is 13.8 Å². The summed E-state index contributed by atoms with van der Waals surface area (Å²) in [6, 6.07) is 18.6. The summed E-state index contributed by atoms with van der Waals surface area (Å²) in [6.07, 6.45) is 5.53. The molecule has 0 aliphatic heterocycles. The van der Waals surface area contributed by atoms with Crippen LogP contribution in [-0.2, 0) is 0 Å². The van der Waals surface area contributed by atoms with Gasteiger partial charge in [0.05, 0.1) is 5.69 Å². The lowest BCUT2D eigenvalue weighted by molar-refractivity contribution is 1.30. The van der Waals surface area contributed by atoms with E-state index in [0.29, 0.717) is 0 Å². The van der Waals surface area contributed by atoms with Crippen molar-refractivity contribution in [1.82, 2.24) is 9.97 Å². The Labute approximate surface area is 131 Å². The lowest BCUT2D eigenvalue weighted by Crippen LogP contribution is -1.89. The van der Waals surface area contributed by atoms with Crippen molar-refractivity contribution in [3.8, 4) is 11.3 Å². The van der Waals surface area contributed by atoms with Crippen LogP contribution in [-0.4, -0.2) is 9.97 Å². The van der Waals surface area contributed by atoms with Crippen LogP contribution in [0.15, 0.2) is 73.2 Å². The first-order valence-corrected chi connectivity index (χ1v) is 7.35. The van der Waals surface area contributed by atoms with Crippen molar-refractivity contribution in [3.05, 3.63) is 84.3 Å². The molecule has 0 radical (unpaired) electrons. The van der Waals surface area contributed by atoms with Crippen molar-refractivity contribution in [1.29, 1.82) is 0 Å². The number of benzene rings is 1. The quantitative estimate of drug-likeness (QED) is 0.670. The second-order valence-electron chi connectivity index (χ2n) is 5.29. The van der Waals surface area contributed by atoms with Gasteiger partial charge in [0.15, 0.2) is 0 Å². The van der Waals surface area contributed by atoms with Crippen LogP contribution in [0.25, 0.3) is 22.4 Å². The monoisotopic (exact) mass is 286 g/mol. The summed E-state index contributed by atoms with van der Waals surface area (Å²) < 4.78 is 0. The summed E-state index contributed by atoms with van der Waals surface area (Å²) in [7, 11) is 0. The highest BCUT2D eigenvalue weighted by atomic mass is 14.7. The smallest absolute Gasteiger partial charge is 0.0702 e. The number of aromatic nitrogens is 2. The molecule has 0 amide bonds. The minimum atomic E-state index is 0.996. The zero-order valence-electron chi connectivity index (χ0n) is 12.8. The van der Waals surface area contributed by atoms with Gasteiger partial charge >= 0.3 is 0 Å². The number of allylic oxidation sites excluding steroid dienone is 2. The number of rotatable bonds is 3. The molecule has 0 aliphatic carbocycles. The topological polar surface area (TPSA) is 25.8 Å². The van der Waals surface area contributed by atoms with Crippen molar-refractivity contribution in [2.75, 3.05) is 0 Å². The maximum atomic E-state index is 4.43. The van der Waals surface area contributed by atoms with Crippen molar-refractivity contribution in [3.63, 3.8) is 0 Å². The minimum Gasteiger partial charge on any atom is -0.264 e. The molecule has 2 aromatic heterocycles. The third kappa shape index (κ3) is 2.96. The summed E-state index contributed by atoms with van der Waals surface area (Å²) in [5, 5.41) is 0. The average molecular weight is 286 g/mol. The molecule has 1 aromatic carbocycles. The molecule has 3 rings (SSSR count). The van der Waals surface area contributed by atoms with Gasteiger partial charge in [-0.05, 0) is 60.4 Å². The number of hydrogen-bond acceptors (Lipinski definition) is 2. The summed E-state index contributed by atoms with van der Waals surface area (Å²) in [5.74, 6) is 0. The van der Waals surface area contributed by atoms with Gasteiger partial charge in [0.2, 0.25) is 0 Å². The summed E-state index contributed by atoms with van der Waals surface area (Å²) in [4.78, 5) is 8.63. The molecule has 22 heavy (non-hydrogen) atoms. The normalized spacial score (nSPS) is 11.9. The van der Waals surface area contributed by atoms with Crippen LogP contribution in [0.3, 0.4) is 0 Å². The molecule has 0 spiro atoms. The molecular weight excluding hydrogens is 268 g/mol. The molecule has 0 fully saturated rings. The summed E-state index contributed by atoms with van der Waals surface area (Å²) in [5.41, 5.74) is 7.00. The van der Waals surface area contributed by atoms with E-state index in [2.05, 4.69) is 54.1 Å². The summed E-state index contributed by atoms with van der Waals surface area (Å²) in [6.45, 7) is 4.29. The maximum Gasteiger partial charge on any atom is 0.0702 e. The second kappa shape index (κ2) is 6.35. The Kier molecular flexibility index (Phi) is 4.10. The van der Waals surface area contributed by atoms with Gasteiger partial charge in [0.25, 0.3) is 0 Å². The predicted molar refractivity (Wildman–Crippen MR) is 92.1 cm³/mol. The first-order valence-electron chi connectivity index (χ1n) is 7.35. The summed E-state index contributed by atoms with van der Waals surface area (Å²) >= 11 is 0. The zero-order valence-corrected chi connectivity index (χ0v) is 12.8. The van der Waals surface area contributed by atoms with Crippen LogP contribution in [0.2, 0.25) is 0 Å². The van der Waals surface area contributed by atoms with Crippen molar-refractivity contribution in [2.24, 2.45) is 0 Å². The Morgan fingerprint density at radius 3 is 2.32 bits per heavy atom. The number of pyridine rings is 2. The fraction of sp³-hybridized carbons (Fsp3) is 0.100. The molecule has 0 saturated heterocycles. The van der Waals surface area contributed by atoms with Crippen LogP contribution in [0.5, 0.6) is 0 Å². The Morgan fingerprint density at radius 2 is 1.59 bits per heavy atom. The van der Waals surface area contributed by atoms with Gasteiger partial charge in [-0.3, -0.25) is 9.97 Å². The first-order chi connectivity index (χ1) is 10.8. The van der Waals surface area contributed by atoms with E-state index in [0.717, 1.165) is 16.8 Å². The lowest BCUT2D eigenvalue weighted by atomic mass is 9.96. The first kappa shape index (κ1) is 14.2. The molecule has 0 unspecified atom stereocenters. The van der Waals surface area contributed by atoms with Crippen LogP contribution in [0.4, 0.5) is 0 Å². The molecule has 2 nitrogen and oxygen atoms in total. The Morgan fingerprint density at radius 1 is 0.773 bits per heavy atom. The highest BCUT2D eigenvalue weighted by Gasteiger charge is 2.05. The van der Waals surface area contributed by atoms with E-state index < -0.39 is 0 Å². The van der Waals surface area contributed by atoms with Gasteiger partial charge in [-0.25, -0.2) is 0 Å². The van der Waals surface area contributed by atoms with Crippen molar-refractivity contribution < 1.29 is 0 Å². The molecule has 0 bridgehead atoms. The molecule has 0 saturated carbocycles. The molecule has 3 aromatic rings. The van der Waals surface area contributed by atoms with E-state index in [1.165, 1.54) is 16.7 Å². The van der Waals surface area contributed by atoms with E-state index in [4.69, 9.17) is 0 Å². The van der Waals surface area contributed by atoms with Crippen LogP contribution in [0.1, 0.15) is 25.0 Å². The molecule has 0 atom stereocenters. The SMILES string of the molecule is CC(=C(C)c1cccc(-c2ccccn2)c1)c1cccnc1. The largest absolute Gasteiger partial charge is 0.264 e. The fourth-order valence-corrected chi connectivity index (χ4v) is 2.46. The minimum absolute atomic E-state index is 0.996.